The number of rotatable bonds is 4. The molecule has 0 bridgehead atoms. The van der Waals surface area contributed by atoms with Gasteiger partial charge in [0.05, 0.1) is 11.2 Å². The first-order valence-corrected chi connectivity index (χ1v) is 6.94. The van der Waals surface area contributed by atoms with Gasteiger partial charge in [-0.2, -0.15) is 0 Å². The Morgan fingerprint density at radius 2 is 1.80 bits per heavy atom. The molecular formula is C15H22BNO3. The maximum Gasteiger partial charge on any atom is 0.494 e. The Labute approximate surface area is 120 Å². The van der Waals surface area contributed by atoms with Crippen LogP contribution in [-0.2, 0) is 20.5 Å². The molecule has 1 fully saturated rings. The molecule has 1 aliphatic heterocycles. The van der Waals surface area contributed by atoms with Gasteiger partial charge in [-0.15, -0.1) is 0 Å². The van der Waals surface area contributed by atoms with Gasteiger partial charge in [-0.1, -0.05) is 24.3 Å². The molecule has 1 aromatic rings. The van der Waals surface area contributed by atoms with Crippen LogP contribution in [0.1, 0.15) is 39.7 Å². The molecule has 0 spiro atoms. The first-order chi connectivity index (χ1) is 9.21. The van der Waals surface area contributed by atoms with Crippen LogP contribution in [0.3, 0.4) is 0 Å². The number of hydrogen-bond acceptors (Lipinski definition) is 3. The lowest BCUT2D eigenvalue weighted by Gasteiger charge is -2.32. The second-order valence-corrected chi connectivity index (χ2v) is 6.30. The van der Waals surface area contributed by atoms with Gasteiger partial charge in [0.15, 0.2) is 0 Å². The van der Waals surface area contributed by atoms with Crippen molar-refractivity contribution in [2.75, 3.05) is 0 Å². The molecule has 1 aliphatic rings. The van der Waals surface area contributed by atoms with Crippen LogP contribution in [-0.4, -0.2) is 24.2 Å². The average Bonchev–Trinajstić information content (AvgIpc) is 2.56. The molecule has 1 aromatic carbocycles. The molecule has 108 valence electrons. The molecule has 2 N–H and O–H groups in total. The summed E-state index contributed by atoms with van der Waals surface area (Å²) >= 11 is 0. The van der Waals surface area contributed by atoms with Gasteiger partial charge in [0.25, 0.3) is 0 Å². The van der Waals surface area contributed by atoms with E-state index in [-0.39, 0.29) is 24.2 Å². The predicted molar refractivity (Wildman–Crippen MR) is 79.7 cm³/mol. The maximum absolute atomic E-state index is 10.9. The van der Waals surface area contributed by atoms with Crippen molar-refractivity contribution in [3.8, 4) is 0 Å². The van der Waals surface area contributed by atoms with Gasteiger partial charge < -0.3 is 15.0 Å². The van der Waals surface area contributed by atoms with Crippen molar-refractivity contribution in [3.05, 3.63) is 29.8 Å². The summed E-state index contributed by atoms with van der Waals surface area (Å²) < 4.78 is 12.0. The van der Waals surface area contributed by atoms with E-state index in [0.29, 0.717) is 12.8 Å². The summed E-state index contributed by atoms with van der Waals surface area (Å²) in [4.78, 5) is 10.9. The number of amides is 1. The van der Waals surface area contributed by atoms with Crippen molar-refractivity contribution in [2.45, 2.75) is 51.7 Å². The Bertz CT molecular complexity index is 498. The van der Waals surface area contributed by atoms with Crippen LogP contribution in [0.15, 0.2) is 24.3 Å². The number of aryl methyl sites for hydroxylation is 1. The van der Waals surface area contributed by atoms with Crippen LogP contribution in [0.5, 0.6) is 0 Å². The van der Waals surface area contributed by atoms with Crippen molar-refractivity contribution in [1.82, 2.24) is 0 Å². The third-order valence-electron chi connectivity index (χ3n) is 4.14. The van der Waals surface area contributed by atoms with Crippen molar-refractivity contribution >= 4 is 18.5 Å². The Morgan fingerprint density at radius 1 is 1.20 bits per heavy atom. The minimum absolute atomic E-state index is 0.286. The molecule has 1 heterocycles. The normalized spacial score (nSPS) is 20.1. The average molecular weight is 275 g/mol. The Morgan fingerprint density at radius 3 is 2.35 bits per heavy atom. The summed E-state index contributed by atoms with van der Waals surface area (Å²) in [5, 5.41) is 0. The molecule has 5 heteroatoms. The molecule has 1 saturated heterocycles. The third-order valence-corrected chi connectivity index (χ3v) is 4.14. The largest absolute Gasteiger partial charge is 0.494 e. The highest BCUT2D eigenvalue weighted by Gasteiger charge is 2.51. The molecule has 0 saturated carbocycles. The highest BCUT2D eigenvalue weighted by atomic mass is 16.7. The SMILES string of the molecule is CC1(C)OB(c2cccc(CCC(N)=O)c2)OC1(C)C. The molecule has 4 nitrogen and oxygen atoms in total. The summed E-state index contributed by atoms with van der Waals surface area (Å²) in [5.41, 5.74) is 6.53. The fraction of sp³-hybridized carbons (Fsp3) is 0.533. The smallest absolute Gasteiger partial charge is 0.399 e. The van der Waals surface area contributed by atoms with Crippen LogP contribution >= 0.6 is 0 Å². The molecular weight excluding hydrogens is 253 g/mol. The lowest BCUT2D eigenvalue weighted by Crippen LogP contribution is -2.41. The fourth-order valence-electron chi connectivity index (χ4n) is 2.14. The topological polar surface area (TPSA) is 61.5 Å². The second kappa shape index (κ2) is 5.22. The number of primary amides is 1. The van der Waals surface area contributed by atoms with Crippen LogP contribution in [0.4, 0.5) is 0 Å². The van der Waals surface area contributed by atoms with E-state index < -0.39 is 0 Å². The molecule has 0 radical (unpaired) electrons. The molecule has 1 amide bonds. The summed E-state index contributed by atoms with van der Waals surface area (Å²) in [6.07, 6.45) is 0.996. The maximum atomic E-state index is 10.9. The minimum Gasteiger partial charge on any atom is -0.399 e. The van der Waals surface area contributed by atoms with Crippen LogP contribution in [0, 0.1) is 0 Å². The lowest BCUT2D eigenvalue weighted by molar-refractivity contribution is -0.117. The van der Waals surface area contributed by atoms with E-state index >= 15 is 0 Å². The van der Waals surface area contributed by atoms with Gasteiger partial charge in [0.2, 0.25) is 5.91 Å². The van der Waals surface area contributed by atoms with Crippen molar-refractivity contribution < 1.29 is 14.1 Å². The van der Waals surface area contributed by atoms with Crippen molar-refractivity contribution in [1.29, 1.82) is 0 Å². The summed E-state index contributed by atoms with van der Waals surface area (Å²) in [6, 6.07) is 7.94. The highest BCUT2D eigenvalue weighted by molar-refractivity contribution is 6.62. The van der Waals surface area contributed by atoms with Gasteiger partial charge in [-0.25, -0.2) is 0 Å². The number of hydrogen-bond donors (Lipinski definition) is 1. The van der Waals surface area contributed by atoms with Crippen molar-refractivity contribution in [2.24, 2.45) is 5.73 Å². The molecule has 2 rings (SSSR count). The Balaban J connectivity index is 2.14. The molecule has 0 unspecified atom stereocenters. The van der Waals surface area contributed by atoms with Crippen molar-refractivity contribution in [3.63, 3.8) is 0 Å². The van der Waals surface area contributed by atoms with Crippen LogP contribution in [0.25, 0.3) is 0 Å². The van der Waals surface area contributed by atoms with Gasteiger partial charge in [0, 0.05) is 6.42 Å². The number of benzene rings is 1. The number of carbonyl (C=O) groups excluding carboxylic acids is 1. The predicted octanol–water partition coefficient (Wildman–Crippen LogP) is 1.40. The van der Waals surface area contributed by atoms with E-state index in [1.807, 2.05) is 52.0 Å². The zero-order chi connectivity index (χ0) is 15.0. The van der Waals surface area contributed by atoms with Crippen LogP contribution < -0.4 is 11.2 Å². The summed E-state index contributed by atoms with van der Waals surface area (Å²) in [7, 11) is -0.367. The van der Waals surface area contributed by atoms with E-state index in [2.05, 4.69) is 0 Å². The minimum atomic E-state index is -0.367. The summed E-state index contributed by atoms with van der Waals surface area (Å²) in [5.74, 6) is -0.286. The van der Waals surface area contributed by atoms with E-state index in [0.717, 1.165) is 11.0 Å². The van der Waals surface area contributed by atoms with E-state index in [9.17, 15) is 4.79 Å². The second-order valence-electron chi connectivity index (χ2n) is 6.30. The van der Waals surface area contributed by atoms with E-state index in [4.69, 9.17) is 15.0 Å². The standard InChI is InChI=1S/C15H22BNO3/c1-14(2)15(3,4)20-16(19-14)12-7-5-6-11(10-12)8-9-13(17)18/h5-7,10H,8-9H2,1-4H3,(H2,17,18). The summed E-state index contributed by atoms with van der Waals surface area (Å²) in [6.45, 7) is 8.13. The number of nitrogens with two attached hydrogens (primary N) is 1. The van der Waals surface area contributed by atoms with Gasteiger partial charge in [-0.3, -0.25) is 4.79 Å². The number of carbonyl (C=O) groups is 1. The Kier molecular flexibility index (Phi) is 3.94. The van der Waals surface area contributed by atoms with Gasteiger partial charge in [-0.05, 0) is 45.1 Å². The quantitative estimate of drug-likeness (QED) is 0.845. The van der Waals surface area contributed by atoms with Crippen LogP contribution in [0.2, 0.25) is 0 Å². The van der Waals surface area contributed by atoms with E-state index in [1.165, 1.54) is 0 Å². The zero-order valence-corrected chi connectivity index (χ0v) is 12.6. The molecule has 0 atom stereocenters. The highest BCUT2D eigenvalue weighted by Crippen LogP contribution is 2.36. The zero-order valence-electron chi connectivity index (χ0n) is 12.6. The first-order valence-electron chi connectivity index (χ1n) is 6.94. The van der Waals surface area contributed by atoms with Gasteiger partial charge >= 0.3 is 7.12 Å². The molecule has 0 aliphatic carbocycles. The monoisotopic (exact) mass is 275 g/mol. The Hall–Kier alpha value is -1.33. The van der Waals surface area contributed by atoms with E-state index in [1.54, 1.807) is 0 Å². The first kappa shape index (κ1) is 15.1. The fourth-order valence-corrected chi connectivity index (χ4v) is 2.14. The molecule has 20 heavy (non-hydrogen) atoms. The lowest BCUT2D eigenvalue weighted by atomic mass is 9.78. The van der Waals surface area contributed by atoms with Gasteiger partial charge in [0.1, 0.15) is 0 Å². The third kappa shape index (κ3) is 3.05. The molecule has 0 aromatic heterocycles.